The molecule has 0 bridgehead atoms. The molecule has 0 spiro atoms. The van der Waals surface area contributed by atoms with Crippen molar-refractivity contribution in [1.82, 2.24) is 4.98 Å². The van der Waals surface area contributed by atoms with Crippen LogP contribution in [0.25, 0.3) is 0 Å². The van der Waals surface area contributed by atoms with Gasteiger partial charge < -0.3 is 15.2 Å². The van der Waals surface area contributed by atoms with E-state index in [1.165, 1.54) is 0 Å². The van der Waals surface area contributed by atoms with Crippen molar-refractivity contribution in [3.8, 4) is 17.2 Å². The molecule has 0 aliphatic carbocycles. The molecule has 1 aromatic carbocycles. The lowest BCUT2D eigenvalue weighted by molar-refractivity contribution is 0.338. The van der Waals surface area contributed by atoms with Gasteiger partial charge in [0.05, 0.1) is 12.8 Å². The van der Waals surface area contributed by atoms with Gasteiger partial charge in [-0.25, -0.2) is 0 Å². The summed E-state index contributed by atoms with van der Waals surface area (Å²) in [6.07, 6.45) is 4.28. The van der Waals surface area contributed by atoms with Gasteiger partial charge in [0.15, 0.2) is 0 Å². The predicted octanol–water partition coefficient (Wildman–Crippen LogP) is 2.77. The number of pyridine rings is 1. The minimum Gasteiger partial charge on any atom is -0.494 e. The third kappa shape index (κ3) is 3.96. The van der Waals surface area contributed by atoms with Crippen LogP contribution in [0.2, 0.25) is 0 Å². The van der Waals surface area contributed by atoms with Crippen LogP contribution in [0, 0.1) is 0 Å². The summed E-state index contributed by atoms with van der Waals surface area (Å²) in [7, 11) is 0. The Kier molecular flexibility index (Phi) is 4.75. The summed E-state index contributed by atoms with van der Waals surface area (Å²) in [5.74, 6) is 2.24. The second-order valence-corrected chi connectivity index (χ2v) is 4.08. The number of rotatable bonds is 6. The van der Waals surface area contributed by atoms with Crippen LogP contribution in [0.4, 0.5) is 0 Å². The lowest BCUT2D eigenvalue weighted by Gasteiger charge is -2.08. The molecule has 2 aromatic rings. The summed E-state index contributed by atoms with van der Waals surface area (Å²) in [4.78, 5) is 4.15. The molecule has 0 fully saturated rings. The molecule has 1 heterocycles. The Morgan fingerprint density at radius 2 is 1.95 bits per heavy atom. The van der Waals surface area contributed by atoms with E-state index in [1.54, 1.807) is 12.4 Å². The molecule has 2 rings (SSSR count). The largest absolute Gasteiger partial charge is 0.494 e. The smallest absolute Gasteiger partial charge is 0.145 e. The molecule has 0 unspecified atom stereocenters. The number of ether oxygens (including phenoxy) is 2. The van der Waals surface area contributed by atoms with Gasteiger partial charge in [0, 0.05) is 12.3 Å². The Hall–Kier alpha value is -2.07. The molecule has 19 heavy (non-hydrogen) atoms. The van der Waals surface area contributed by atoms with Gasteiger partial charge in [-0.15, -0.1) is 0 Å². The van der Waals surface area contributed by atoms with E-state index < -0.39 is 0 Å². The van der Waals surface area contributed by atoms with Gasteiger partial charge in [-0.05, 0) is 43.7 Å². The summed E-state index contributed by atoms with van der Waals surface area (Å²) in [6.45, 7) is 3.19. The van der Waals surface area contributed by atoms with E-state index in [-0.39, 0.29) is 0 Å². The first kappa shape index (κ1) is 13.4. The number of hydrogen-bond donors (Lipinski definition) is 1. The van der Waals surface area contributed by atoms with Gasteiger partial charge >= 0.3 is 0 Å². The highest BCUT2D eigenvalue weighted by atomic mass is 16.5. The van der Waals surface area contributed by atoms with Crippen LogP contribution >= 0.6 is 0 Å². The quantitative estimate of drug-likeness (QED) is 0.865. The topological polar surface area (TPSA) is 57.4 Å². The predicted molar refractivity (Wildman–Crippen MR) is 74.7 cm³/mol. The maximum absolute atomic E-state index is 5.77. The minimum atomic E-state index is 0.602. The average Bonchev–Trinajstić information content (AvgIpc) is 2.40. The number of aromatic nitrogens is 1. The van der Waals surface area contributed by atoms with Gasteiger partial charge in [0.25, 0.3) is 0 Å². The highest BCUT2D eigenvalue weighted by Gasteiger charge is 2.01. The van der Waals surface area contributed by atoms with Crippen LogP contribution in [0.15, 0.2) is 42.7 Å². The molecule has 2 N–H and O–H groups in total. The van der Waals surface area contributed by atoms with Gasteiger partial charge in [0.1, 0.15) is 17.2 Å². The van der Waals surface area contributed by atoms with Gasteiger partial charge in [-0.3, -0.25) is 4.98 Å². The van der Waals surface area contributed by atoms with Crippen molar-refractivity contribution in [3.63, 3.8) is 0 Å². The number of hydrogen-bond acceptors (Lipinski definition) is 4. The standard InChI is InChI=1S/C15H18N2O2/c1-2-18-13-4-3-5-14(9-13)19-15-8-12(6-7-16)10-17-11-15/h3-5,8-11H,2,6-7,16H2,1H3. The fourth-order valence-electron chi connectivity index (χ4n) is 1.75. The molecule has 4 heteroatoms. The van der Waals surface area contributed by atoms with Crippen LogP contribution in [-0.2, 0) is 6.42 Å². The van der Waals surface area contributed by atoms with Crippen molar-refractivity contribution in [2.45, 2.75) is 13.3 Å². The molecule has 0 saturated carbocycles. The second kappa shape index (κ2) is 6.75. The molecular weight excluding hydrogens is 240 g/mol. The lowest BCUT2D eigenvalue weighted by atomic mass is 10.2. The molecule has 4 nitrogen and oxygen atoms in total. The summed E-state index contributed by atoms with van der Waals surface area (Å²) in [6, 6.07) is 9.50. The first-order chi connectivity index (χ1) is 9.31. The molecule has 0 atom stereocenters. The zero-order chi connectivity index (χ0) is 13.5. The SMILES string of the molecule is CCOc1cccc(Oc2cncc(CCN)c2)c1. The number of nitrogens with two attached hydrogens (primary N) is 1. The van der Waals surface area contributed by atoms with E-state index in [2.05, 4.69) is 4.98 Å². The molecule has 0 aliphatic heterocycles. The van der Waals surface area contributed by atoms with Gasteiger partial charge in [-0.1, -0.05) is 6.07 Å². The Bertz CT molecular complexity index is 482. The van der Waals surface area contributed by atoms with E-state index in [4.69, 9.17) is 15.2 Å². The summed E-state index contributed by atoms with van der Waals surface area (Å²) in [5.41, 5.74) is 6.60. The highest BCUT2D eigenvalue weighted by molar-refractivity contribution is 5.36. The van der Waals surface area contributed by atoms with E-state index in [1.807, 2.05) is 37.3 Å². The minimum absolute atomic E-state index is 0.602. The monoisotopic (exact) mass is 258 g/mol. The Morgan fingerprint density at radius 1 is 1.11 bits per heavy atom. The average molecular weight is 258 g/mol. The fraction of sp³-hybridized carbons (Fsp3) is 0.267. The molecule has 0 amide bonds. The fourth-order valence-corrected chi connectivity index (χ4v) is 1.75. The summed E-state index contributed by atoms with van der Waals surface area (Å²) < 4.78 is 11.2. The van der Waals surface area contributed by atoms with Crippen molar-refractivity contribution in [3.05, 3.63) is 48.3 Å². The van der Waals surface area contributed by atoms with E-state index in [9.17, 15) is 0 Å². The normalized spacial score (nSPS) is 10.2. The van der Waals surface area contributed by atoms with Crippen LogP contribution in [-0.4, -0.2) is 18.1 Å². The molecule has 100 valence electrons. The van der Waals surface area contributed by atoms with E-state index in [0.29, 0.717) is 18.9 Å². The molecule has 0 saturated heterocycles. The first-order valence-electron chi connectivity index (χ1n) is 6.36. The summed E-state index contributed by atoms with van der Waals surface area (Å²) in [5, 5.41) is 0. The van der Waals surface area contributed by atoms with Crippen LogP contribution < -0.4 is 15.2 Å². The van der Waals surface area contributed by atoms with Crippen LogP contribution in [0.3, 0.4) is 0 Å². The van der Waals surface area contributed by atoms with Crippen LogP contribution in [0.5, 0.6) is 17.2 Å². The zero-order valence-corrected chi connectivity index (χ0v) is 11.0. The number of benzene rings is 1. The van der Waals surface area contributed by atoms with Crippen molar-refractivity contribution < 1.29 is 9.47 Å². The third-order valence-electron chi connectivity index (χ3n) is 2.56. The Morgan fingerprint density at radius 3 is 2.74 bits per heavy atom. The molecule has 0 aliphatic rings. The second-order valence-electron chi connectivity index (χ2n) is 4.08. The summed E-state index contributed by atoms with van der Waals surface area (Å²) >= 11 is 0. The maximum Gasteiger partial charge on any atom is 0.145 e. The van der Waals surface area contributed by atoms with Gasteiger partial charge in [-0.2, -0.15) is 0 Å². The molecule has 0 radical (unpaired) electrons. The Labute approximate surface area is 113 Å². The zero-order valence-electron chi connectivity index (χ0n) is 11.0. The third-order valence-corrected chi connectivity index (χ3v) is 2.56. The maximum atomic E-state index is 5.77. The van der Waals surface area contributed by atoms with E-state index in [0.717, 1.165) is 23.5 Å². The van der Waals surface area contributed by atoms with Crippen molar-refractivity contribution in [2.75, 3.05) is 13.2 Å². The number of nitrogens with zero attached hydrogens (tertiary/aromatic N) is 1. The first-order valence-corrected chi connectivity index (χ1v) is 6.36. The highest BCUT2D eigenvalue weighted by Crippen LogP contribution is 2.25. The lowest BCUT2D eigenvalue weighted by Crippen LogP contribution is -2.03. The molecule has 1 aromatic heterocycles. The van der Waals surface area contributed by atoms with Crippen LogP contribution in [0.1, 0.15) is 12.5 Å². The van der Waals surface area contributed by atoms with E-state index >= 15 is 0 Å². The van der Waals surface area contributed by atoms with Gasteiger partial charge in [0.2, 0.25) is 0 Å². The Balaban J connectivity index is 2.11. The van der Waals surface area contributed by atoms with Crippen molar-refractivity contribution in [1.29, 1.82) is 0 Å². The van der Waals surface area contributed by atoms with Crippen molar-refractivity contribution in [2.24, 2.45) is 5.73 Å². The van der Waals surface area contributed by atoms with Crippen molar-refractivity contribution >= 4 is 0 Å². The molecular formula is C15H18N2O2.